The van der Waals surface area contributed by atoms with Crippen LogP contribution in [-0.2, 0) is 4.79 Å². The van der Waals surface area contributed by atoms with E-state index in [9.17, 15) is 9.90 Å². The summed E-state index contributed by atoms with van der Waals surface area (Å²) in [6.45, 7) is 0. The molecule has 4 heteroatoms. The van der Waals surface area contributed by atoms with Crippen molar-refractivity contribution in [3.63, 3.8) is 0 Å². The topological polar surface area (TPSA) is 37.3 Å². The summed E-state index contributed by atoms with van der Waals surface area (Å²) in [5.74, 6) is 1.65. The van der Waals surface area contributed by atoms with Gasteiger partial charge in [-0.2, -0.15) is 23.5 Å². The monoisotopic (exact) mass is 208 g/mol. The van der Waals surface area contributed by atoms with Gasteiger partial charge in [-0.15, -0.1) is 0 Å². The van der Waals surface area contributed by atoms with Crippen LogP contribution in [0.5, 0.6) is 0 Å². The van der Waals surface area contributed by atoms with E-state index in [0.29, 0.717) is 12.8 Å². The minimum absolute atomic E-state index is 0.0154. The molecule has 0 aromatic rings. The Morgan fingerprint density at radius 1 is 1.33 bits per heavy atom. The average molecular weight is 208 g/mol. The molecule has 1 atom stereocenters. The number of aliphatic hydroxyl groups excluding tert-OH is 1. The van der Waals surface area contributed by atoms with Gasteiger partial charge in [0.05, 0.1) is 0 Å². The van der Waals surface area contributed by atoms with Gasteiger partial charge < -0.3 is 5.11 Å². The Hall–Kier alpha value is 0.330. The van der Waals surface area contributed by atoms with Crippen LogP contribution in [0.25, 0.3) is 0 Å². The lowest BCUT2D eigenvalue weighted by Gasteiger charge is -2.07. The van der Waals surface area contributed by atoms with E-state index in [0.717, 1.165) is 11.5 Å². The van der Waals surface area contributed by atoms with Crippen LogP contribution < -0.4 is 0 Å². The molecule has 0 saturated carbocycles. The molecule has 2 nitrogen and oxygen atoms in total. The Labute approximate surface area is 82.5 Å². The molecule has 72 valence electrons. The highest BCUT2D eigenvalue weighted by Gasteiger charge is 2.12. The number of rotatable bonds is 7. The van der Waals surface area contributed by atoms with Gasteiger partial charge in [0, 0.05) is 6.42 Å². The molecular weight excluding hydrogens is 192 g/mol. The number of carbonyl (C=O) groups excluding carboxylic acids is 1. The van der Waals surface area contributed by atoms with Crippen molar-refractivity contribution < 1.29 is 9.90 Å². The molecule has 0 aliphatic carbocycles. The molecular formula is C8H16O2S2. The van der Waals surface area contributed by atoms with Gasteiger partial charge in [0.15, 0.2) is 5.78 Å². The van der Waals surface area contributed by atoms with Crippen molar-refractivity contribution in [2.45, 2.75) is 18.9 Å². The summed E-state index contributed by atoms with van der Waals surface area (Å²) in [7, 11) is 0. The fraction of sp³-hybridized carbons (Fsp3) is 0.875. The molecule has 0 radical (unpaired) electrons. The highest BCUT2D eigenvalue weighted by atomic mass is 32.2. The first-order valence-corrected chi connectivity index (χ1v) is 6.69. The second-order valence-corrected chi connectivity index (χ2v) is 4.48. The van der Waals surface area contributed by atoms with Crippen molar-refractivity contribution in [1.82, 2.24) is 0 Å². The Morgan fingerprint density at radius 3 is 2.42 bits per heavy atom. The molecule has 0 aromatic heterocycles. The zero-order chi connectivity index (χ0) is 9.40. The molecule has 0 unspecified atom stereocenters. The van der Waals surface area contributed by atoms with Gasteiger partial charge >= 0.3 is 0 Å². The van der Waals surface area contributed by atoms with Crippen LogP contribution in [0.4, 0.5) is 0 Å². The van der Waals surface area contributed by atoms with Crippen LogP contribution in [0.3, 0.4) is 0 Å². The molecule has 0 bridgehead atoms. The number of aliphatic hydroxyl groups is 1. The van der Waals surface area contributed by atoms with Crippen LogP contribution >= 0.6 is 23.5 Å². The van der Waals surface area contributed by atoms with E-state index in [1.807, 2.05) is 12.5 Å². The number of hydrogen-bond acceptors (Lipinski definition) is 4. The number of carbonyl (C=O) groups is 1. The molecule has 0 heterocycles. The lowest BCUT2D eigenvalue weighted by atomic mass is 10.1. The largest absolute Gasteiger partial charge is 0.385 e. The highest BCUT2D eigenvalue weighted by Crippen LogP contribution is 2.05. The molecule has 0 fully saturated rings. The summed E-state index contributed by atoms with van der Waals surface area (Å²) in [6.07, 6.45) is 4.29. The van der Waals surface area contributed by atoms with E-state index in [1.165, 1.54) is 0 Å². The van der Waals surface area contributed by atoms with Crippen molar-refractivity contribution in [2.75, 3.05) is 24.0 Å². The van der Waals surface area contributed by atoms with Crippen LogP contribution in [0.15, 0.2) is 0 Å². The van der Waals surface area contributed by atoms with Gasteiger partial charge in [0.25, 0.3) is 0 Å². The Morgan fingerprint density at radius 2 is 1.92 bits per heavy atom. The molecule has 0 spiro atoms. The van der Waals surface area contributed by atoms with Gasteiger partial charge in [-0.05, 0) is 30.4 Å². The summed E-state index contributed by atoms with van der Waals surface area (Å²) in [6, 6.07) is 0. The van der Waals surface area contributed by atoms with Gasteiger partial charge in [-0.1, -0.05) is 0 Å². The van der Waals surface area contributed by atoms with Gasteiger partial charge in [0.2, 0.25) is 0 Å². The molecule has 0 rings (SSSR count). The van der Waals surface area contributed by atoms with Crippen molar-refractivity contribution in [1.29, 1.82) is 0 Å². The summed E-state index contributed by atoms with van der Waals surface area (Å²) in [4.78, 5) is 11.1. The molecule has 0 amide bonds. The summed E-state index contributed by atoms with van der Waals surface area (Å²) in [5, 5.41) is 9.30. The van der Waals surface area contributed by atoms with E-state index in [1.54, 1.807) is 23.5 Å². The van der Waals surface area contributed by atoms with Crippen molar-refractivity contribution in [3.8, 4) is 0 Å². The molecule has 0 aliphatic rings. The van der Waals surface area contributed by atoms with Crippen LogP contribution in [0, 0.1) is 0 Å². The van der Waals surface area contributed by atoms with E-state index < -0.39 is 6.10 Å². The third-order valence-electron chi connectivity index (χ3n) is 1.52. The quantitative estimate of drug-likeness (QED) is 0.686. The second-order valence-electron chi connectivity index (χ2n) is 2.51. The molecule has 0 aromatic carbocycles. The lowest BCUT2D eigenvalue weighted by Crippen LogP contribution is -2.21. The number of hydrogen-bond donors (Lipinski definition) is 1. The predicted molar refractivity (Wildman–Crippen MR) is 57.0 cm³/mol. The zero-order valence-corrected chi connectivity index (χ0v) is 9.21. The molecule has 0 saturated heterocycles. The van der Waals surface area contributed by atoms with Gasteiger partial charge in [-0.25, -0.2) is 0 Å². The van der Waals surface area contributed by atoms with Gasteiger partial charge in [0.1, 0.15) is 6.10 Å². The van der Waals surface area contributed by atoms with Crippen molar-refractivity contribution >= 4 is 29.3 Å². The summed E-state index contributed by atoms with van der Waals surface area (Å²) < 4.78 is 0. The molecule has 1 N–H and O–H groups in total. The first kappa shape index (κ1) is 12.3. The Balaban J connectivity index is 3.47. The van der Waals surface area contributed by atoms with E-state index in [4.69, 9.17) is 0 Å². The minimum Gasteiger partial charge on any atom is -0.385 e. The number of ketones is 1. The fourth-order valence-electron chi connectivity index (χ4n) is 0.760. The van der Waals surface area contributed by atoms with E-state index in [2.05, 4.69) is 0 Å². The third kappa shape index (κ3) is 5.91. The molecule has 0 aliphatic heterocycles. The summed E-state index contributed by atoms with van der Waals surface area (Å²) >= 11 is 3.29. The number of Topliss-reactive ketones (excluding diaryl/α,β-unsaturated/α-hetero) is 1. The van der Waals surface area contributed by atoms with Gasteiger partial charge in [-0.3, -0.25) is 4.79 Å². The highest BCUT2D eigenvalue weighted by molar-refractivity contribution is 7.98. The lowest BCUT2D eigenvalue weighted by molar-refractivity contribution is -0.126. The maximum Gasteiger partial charge on any atom is 0.162 e. The smallest absolute Gasteiger partial charge is 0.162 e. The normalized spacial score (nSPS) is 12.9. The SMILES string of the molecule is CSCCC(=O)[C@H](O)CCSC. The maximum atomic E-state index is 11.1. The van der Waals surface area contributed by atoms with Crippen LogP contribution in [-0.4, -0.2) is 41.0 Å². The summed E-state index contributed by atoms with van der Waals surface area (Å²) in [5.41, 5.74) is 0. The van der Waals surface area contributed by atoms with Crippen molar-refractivity contribution in [3.05, 3.63) is 0 Å². The minimum atomic E-state index is -0.732. The van der Waals surface area contributed by atoms with Crippen LogP contribution in [0.2, 0.25) is 0 Å². The van der Waals surface area contributed by atoms with E-state index >= 15 is 0 Å². The first-order chi connectivity index (χ1) is 5.72. The Bertz CT molecular complexity index is 128. The molecule has 12 heavy (non-hydrogen) atoms. The van der Waals surface area contributed by atoms with E-state index in [-0.39, 0.29) is 5.78 Å². The average Bonchev–Trinajstić information content (AvgIpc) is 2.10. The predicted octanol–water partition coefficient (Wildman–Crippen LogP) is 1.42. The van der Waals surface area contributed by atoms with Crippen LogP contribution in [0.1, 0.15) is 12.8 Å². The standard InChI is InChI=1S/C8H16O2S2/c1-11-5-3-7(9)8(10)4-6-12-2/h7,9H,3-6H2,1-2H3/t7-/m1/s1. The second kappa shape index (κ2) is 7.95. The Kier molecular flexibility index (Phi) is 8.17. The number of thioether (sulfide) groups is 2. The maximum absolute atomic E-state index is 11.1. The van der Waals surface area contributed by atoms with Crippen molar-refractivity contribution in [2.24, 2.45) is 0 Å². The first-order valence-electron chi connectivity index (χ1n) is 3.91. The third-order valence-corrected chi connectivity index (χ3v) is 2.78. The fourth-order valence-corrected chi connectivity index (χ4v) is 1.62. The zero-order valence-electron chi connectivity index (χ0n) is 7.58.